The van der Waals surface area contributed by atoms with E-state index in [1.165, 1.54) is 0 Å². The molecule has 0 saturated carbocycles. The molecule has 3 N–H and O–H groups in total. The second-order valence-corrected chi connectivity index (χ2v) is 4.27. The number of para-hydroxylation sites is 1. The molecule has 1 amide bonds. The summed E-state index contributed by atoms with van der Waals surface area (Å²) in [4.78, 5) is 15.0. The first kappa shape index (κ1) is 10.9. The first-order chi connectivity index (χ1) is 7.66. The van der Waals surface area contributed by atoms with Gasteiger partial charge in [0.2, 0.25) is 5.91 Å². The maximum Gasteiger partial charge on any atom is 0.236 e. The second kappa shape index (κ2) is 4.49. The number of primary amides is 1. The Morgan fingerprint density at radius 2 is 2.31 bits per heavy atom. The van der Waals surface area contributed by atoms with E-state index in [0.29, 0.717) is 0 Å². The average Bonchev–Trinajstić information content (AvgIpc) is 2.25. The van der Waals surface area contributed by atoms with E-state index in [0.717, 1.165) is 21.1 Å². The molecule has 1 aromatic carbocycles. The van der Waals surface area contributed by atoms with E-state index >= 15 is 0 Å². The molecular formula is C11H10BrN3O. The Morgan fingerprint density at radius 3 is 3.06 bits per heavy atom. The van der Waals surface area contributed by atoms with Crippen molar-refractivity contribution in [3.63, 3.8) is 0 Å². The van der Waals surface area contributed by atoms with Gasteiger partial charge in [-0.1, -0.05) is 12.1 Å². The third kappa shape index (κ3) is 2.30. The first-order valence-electron chi connectivity index (χ1n) is 4.73. The van der Waals surface area contributed by atoms with Crippen LogP contribution in [0.2, 0.25) is 0 Å². The molecular weight excluding hydrogens is 270 g/mol. The Balaban J connectivity index is 2.41. The summed E-state index contributed by atoms with van der Waals surface area (Å²) in [6, 6.07) is 7.70. The predicted molar refractivity (Wildman–Crippen MR) is 67.1 cm³/mol. The van der Waals surface area contributed by atoms with Gasteiger partial charge in [0.05, 0.1) is 17.7 Å². The summed E-state index contributed by atoms with van der Waals surface area (Å²) < 4.78 is 0.923. The Hall–Kier alpha value is -1.62. The topological polar surface area (TPSA) is 68.0 Å². The number of carbonyl (C=O) groups excluding carboxylic acids is 1. The van der Waals surface area contributed by atoms with Gasteiger partial charge in [-0.3, -0.25) is 9.78 Å². The maximum absolute atomic E-state index is 10.7. The van der Waals surface area contributed by atoms with Crippen LogP contribution in [0.1, 0.15) is 0 Å². The van der Waals surface area contributed by atoms with Gasteiger partial charge in [0.25, 0.3) is 0 Å². The minimum absolute atomic E-state index is 0.108. The summed E-state index contributed by atoms with van der Waals surface area (Å²) in [5, 5.41) is 3.96. The third-order valence-electron chi connectivity index (χ3n) is 2.13. The van der Waals surface area contributed by atoms with Gasteiger partial charge in [-0.05, 0) is 28.1 Å². The van der Waals surface area contributed by atoms with Crippen molar-refractivity contribution in [2.24, 2.45) is 5.73 Å². The molecule has 0 atom stereocenters. The quantitative estimate of drug-likeness (QED) is 0.902. The van der Waals surface area contributed by atoms with Crippen LogP contribution in [0.5, 0.6) is 0 Å². The van der Waals surface area contributed by atoms with E-state index in [1.807, 2.05) is 24.3 Å². The summed E-state index contributed by atoms with van der Waals surface area (Å²) in [7, 11) is 0. The Morgan fingerprint density at radius 1 is 1.50 bits per heavy atom. The number of amides is 1. The summed E-state index contributed by atoms with van der Waals surface area (Å²) in [5.41, 5.74) is 6.71. The van der Waals surface area contributed by atoms with Crippen LogP contribution in [0.15, 0.2) is 34.9 Å². The molecule has 0 saturated heterocycles. The molecule has 5 heteroatoms. The number of hydrogen-bond acceptors (Lipinski definition) is 3. The summed E-state index contributed by atoms with van der Waals surface area (Å²) in [5.74, 6) is -0.394. The lowest BCUT2D eigenvalue weighted by atomic mass is 10.2. The van der Waals surface area contributed by atoms with Crippen molar-refractivity contribution in [3.8, 4) is 0 Å². The number of nitrogens with zero attached hydrogens (tertiary/aromatic N) is 1. The summed E-state index contributed by atoms with van der Waals surface area (Å²) in [6.07, 6.45) is 1.72. The fourth-order valence-corrected chi connectivity index (χ4v) is 1.81. The number of nitrogens with one attached hydrogen (secondary N) is 1. The number of fused-ring (bicyclic) bond motifs is 1. The minimum atomic E-state index is -0.394. The van der Waals surface area contributed by atoms with Gasteiger partial charge < -0.3 is 11.1 Å². The molecule has 4 nitrogen and oxygen atoms in total. The van der Waals surface area contributed by atoms with Gasteiger partial charge in [-0.2, -0.15) is 0 Å². The molecule has 0 bridgehead atoms. The van der Waals surface area contributed by atoms with Crippen LogP contribution in [0.4, 0.5) is 5.69 Å². The molecule has 0 unspecified atom stereocenters. The number of benzene rings is 1. The minimum Gasteiger partial charge on any atom is -0.374 e. The van der Waals surface area contributed by atoms with Crippen molar-refractivity contribution in [2.45, 2.75) is 0 Å². The fourth-order valence-electron chi connectivity index (χ4n) is 1.46. The lowest BCUT2D eigenvalue weighted by Gasteiger charge is -2.07. The number of hydrogen-bond donors (Lipinski definition) is 2. The molecule has 0 radical (unpaired) electrons. The molecule has 0 aliphatic heterocycles. The standard InChI is InChI=1S/C11H10BrN3O/c12-8-4-7-2-1-3-9(11(7)15-5-8)14-6-10(13)16/h1-5,14H,6H2,(H2,13,16). The molecule has 0 aliphatic rings. The zero-order chi connectivity index (χ0) is 11.5. The molecule has 0 fully saturated rings. The van der Waals surface area contributed by atoms with E-state index in [2.05, 4.69) is 26.2 Å². The van der Waals surface area contributed by atoms with Gasteiger partial charge in [0.1, 0.15) is 0 Å². The highest BCUT2D eigenvalue weighted by Crippen LogP contribution is 2.23. The van der Waals surface area contributed by atoms with E-state index in [-0.39, 0.29) is 6.54 Å². The molecule has 1 heterocycles. The van der Waals surface area contributed by atoms with E-state index in [1.54, 1.807) is 6.20 Å². The van der Waals surface area contributed by atoms with Gasteiger partial charge >= 0.3 is 0 Å². The van der Waals surface area contributed by atoms with Crippen LogP contribution in [0, 0.1) is 0 Å². The van der Waals surface area contributed by atoms with Crippen LogP contribution < -0.4 is 11.1 Å². The van der Waals surface area contributed by atoms with Gasteiger partial charge in [-0.25, -0.2) is 0 Å². The fraction of sp³-hybridized carbons (Fsp3) is 0.0909. The van der Waals surface area contributed by atoms with E-state index in [9.17, 15) is 4.79 Å². The van der Waals surface area contributed by atoms with Crippen molar-refractivity contribution in [1.29, 1.82) is 0 Å². The molecule has 2 rings (SSSR count). The van der Waals surface area contributed by atoms with Gasteiger partial charge in [-0.15, -0.1) is 0 Å². The zero-order valence-electron chi connectivity index (χ0n) is 8.40. The van der Waals surface area contributed by atoms with Crippen LogP contribution in [0.25, 0.3) is 10.9 Å². The third-order valence-corrected chi connectivity index (χ3v) is 2.56. The lowest BCUT2D eigenvalue weighted by Crippen LogP contribution is -2.21. The Kier molecular flexibility index (Phi) is 3.05. The highest BCUT2D eigenvalue weighted by molar-refractivity contribution is 9.10. The van der Waals surface area contributed by atoms with Crippen molar-refractivity contribution in [1.82, 2.24) is 4.98 Å². The summed E-state index contributed by atoms with van der Waals surface area (Å²) >= 11 is 3.36. The highest BCUT2D eigenvalue weighted by atomic mass is 79.9. The maximum atomic E-state index is 10.7. The number of anilines is 1. The number of pyridine rings is 1. The molecule has 1 aromatic heterocycles. The molecule has 0 spiro atoms. The van der Waals surface area contributed by atoms with Crippen molar-refractivity contribution in [2.75, 3.05) is 11.9 Å². The molecule has 16 heavy (non-hydrogen) atoms. The van der Waals surface area contributed by atoms with Crippen molar-refractivity contribution >= 4 is 38.4 Å². The second-order valence-electron chi connectivity index (χ2n) is 3.35. The van der Waals surface area contributed by atoms with Crippen LogP contribution >= 0.6 is 15.9 Å². The number of carbonyl (C=O) groups is 1. The zero-order valence-corrected chi connectivity index (χ0v) is 9.99. The smallest absolute Gasteiger partial charge is 0.236 e. The van der Waals surface area contributed by atoms with E-state index < -0.39 is 5.91 Å². The highest BCUT2D eigenvalue weighted by Gasteiger charge is 2.03. The molecule has 82 valence electrons. The first-order valence-corrected chi connectivity index (χ1v) is 5.52. The Labute approximate surface area is 101 Å². The van der Waals surface area contributed by atoms with E-state index in [4.69, 9.17) is 5.73 Å². The lowest BCUT2D eigenvalue weighted by molar-refractivity contribution is -0.116. The monoisotopic (exact) mass is 279 g/mol. The average molecular weight is 280 g/mol. The van der Waals surface area contributed by atoms with Crippen LogP contribution in [0.3, 0.4) is 0 Å². The van der Waals surface area contributed by atoms with Gasteiger partial charge in [0.15, 0.2) is 0 Å². The van der Waals surface area contributed by atoms with Crippen molar-refractivity contribution < 1.29 is 4.79 Å². The number of aromatic nitrogens is 1. The Bertz CT molecular complexity index is 542. The number of nitrogens with two attached hydrogens (primary N) is 1. The number of rotatable bonds is 3. The van der Waals surface area contributed by atoms with Crippen LogP contribution in [-0.4, -0.2) is 17.4 Å². The van der Waals surface area contributed by atoms with Crippen molar-refractivity contribution in [3.05, 3.63) is 34.9 Å². The predicted octanol–water partition coefficient (Wildman–Crippen LogP) is 1.89. The summed E-state index contributed by atoms with van der Waals surface area (Å²) in [6.45, 7) is 0.108. The van der Waals surface area contributed by atoms with Crippen LogP contribution in [-0.2, 0) is 4.79 Å². The molecule has 0 aliphatic carbocycles. The normalized spacial score (nSPS) is 10.3. The largest absolute Gasteiger partial charge is 0.374 e. The molecule has 2 aromatic rings. The number of halogens is 1. The van der Waals surface area contributed by atoms with Gasteiger partial charge in [0, 0.05) is 16.1 Å². The SMILES string of the molecule is NC(=O)CNc1cccc2cc(Br)cnc12.